The van der Waals surface area contributed by atoms with Gasteiger partial charge in [-0.3, -0.25) is 4.72 Å². The smallest absolute Gasteiger partial charge is 0.262 e. The lowest BCUT2D eigenvalue weighted by molar-refractivity contribution is 0.330. The number of rotatable bonds is 7. The van der Waals surface area contributed by atoms with Crippen LogP contribution in [-0.2, 0) is 20.0 Å². The predicted octanol–water partition coefficient (Wildman–Crippen LogP) is 2.75. The molecule has 148 valence electrons. The molecule has 0 spiro atoms. The van der Waals surface area contributed by atoms with E-state index in [2.05, 4.69) is 4.72 Å². The van der Waals surface area contributed by atoms with E-state index >= 15 is 0 Å². The van der Waals surface area contributed by atoms with Gasteiger partial charge < -0.3 is 4.74 Å². The largest absolute Gasteiger partial charge is 0.492 e. The lowest BCUT2D eigenvalue weighted by Crippen LogP contribution is -2.23. The minimum absolute atomic E-state index is 0.101. The van der Waals surface area contributed by atoms with Gasteiger partial charge in [-0.25, -0.2) is 21.1 Å². The second-order valence-electron chi connectivity index (χ2n) is 6.26. The first kappa shape index (κ1) is 21.2. The molecular formula is C18H24N2O5S2. The highest BCUT2D eigenvalue weighted by Gasteiger charge is 2.24. The summed E-state index contributed by atoms with van der Waals surface area (Å²) in [6.07, 6.45) is 0. The molecule has 1 N–H and O–H groups in total. The third-order valence-corrected chi connectivity index (χ3v) is 7.25. The molecule has 0 unspecified atom stereocenters. The second-order valence-corrected chi connectivity index (χ2v) is 10.0. The molecule has 2 aromatic rings. The van der Waals surface area contributed by atoms with Crippen LogP contribution in [0.2, 0.25) is 0 Å². The highest BCUT2D eigenvalue weighted by Crippen LogP contribution is 2.30. The molecule has 27 heavy (non-hydrogen) atoms. The van der Waals surface area contributed by atoms with Crippen molar-refractivity contribution in [2.24, 2.45) is 0 Å². The summed E-state index contributed by atoms with van der Waals surface area (Å²) in [5, 5.41) is 0. The molecule has 0 saturated heterocycles. The fourth-order valence-electron chi connectivity index (χ4n) is 2.45. The van der Waals surface area contributed by atoms with Crippen molar-refractivity contribution in [3.8, 4) is 5.75 Å². The standard InChI is InChI=1S/C18H24N2O5S2/c1-6-25-16-10-9-15(12-18(16)27(23,24)20(4)5)19-26(21,22)17-11-13(2)7-8-14(17)3/h7-12,19H,6H2,1-5H3. The first-order chi connectivity index (χ1) is 12.5. The van der Waals surface area contributed by atoms with Crippen molar-refractivity contribution in [3.05, 3.63) is 47.5 Å². The molecule has 0 heterocycles. The van der Waals surface area contributed by atoms with Gasteiger partial charge in [-0.05, 0) is 56.2 Å². The summed E-state index contributed by atoms with van der Waals surface area (Å²) in [6.45, 7) is 5.53. The Morgan fingerprint density at radius 1 is 0.963 bits per heavy atom. The fraction of sp³-hybridized carbons (Fsp3) is 0.333. The number of sulfonamides is 2. The van der Waals surface area contributed by atoms with Crippen LogP contribution < -0.4 is 9.46 Å². The minimum atomic E-state index is -3.87. The molecule has 0 aliphatic carbocycles. The predicted molar refractivity (Wildman–Crippen MR) is 105 cm³/mol. The van der Waals surface area contributed by atoms with E-state index in [0.29, 0.717) is 5.56 Å². The van der Waals surface area contributed by atoms with Crippen molar-refractivity contribution in [3.63, 3.8) is 0 Å². The lowest BCUT2D eigenvalue weighted by Gasteiger charge is -2.17. The Morgan fingerprint density at radius 3 is 2.22 bits per heavy atom. The molecular weight excluding hydrogens is 388 g/mol. The zero-order chi connectivity index (χ0) is 20.4. The fourth-order valence-corrected chi connectivity index (χ4v) is 4.88. The molecule has 0 saturated carbocycles. The number of aryl methyl sites for hydroxylation is 2. The first-order valence-electron chi connectivity index (χ1n) is 8.28. The summed E-state index contributed by atoms with van der Waals surface area (Å²) < 4.78 is 59.6. The maximum atomic E-state index is 12.8. The summed E-state index contributed by atoms with van der Waals surface area (Å²) >= 11 is 0. The van der Waals surface area contributed by atoms with Gasteiger partial charge in [0.2, 0.25) is 10.0 Å². The van der Waals surface area contributed by atoms with Crippen LogP contribution in [0.25, 0.3) is 0 Å². The van der Waals surface area contributed by atoms with E-state index in [0.717, 1.165) is 9.87 Å². The van der Waals surface area contributed by atoms with Crippen LogP contribution in [0.1, 0.15) is 18.1 Å². The molecule has 2 aromatic carbocycles. The average molecular weight is 413 g/mol. The molecule has 2 rings (SSSR count). The topological polar surface area (TPSA) is 92.8 Å². The Morgan fingerprint density at radius 2 is 1.63 bits per heavy atom. The van der Waals surface area contributed by atoms with Crippen LogP contribution in [-0.4, -0.2) is 41.8 Å². The molecule has 0 radical (unpaired) electrons. The van der Waals surface area contributed by atoms with Gasteiger partial charge in [0.1, 0.15) is 10.6 Å². The number of ether oxygens (including phenoxy) is 1. The van der Waals surface area contributed by atoms with Crippen molar-refractivity contribution in [2.75, 3.05) is 25.4 Å². The van der Waals surface area contributed by atoms with E-state index in [1.54, 1.807) is 32.9 Å². The van der Waals surface area contributed by atoms with Crippen LogP contribution in [0.15, 0.2) is 46.2 Å². The molecule has 0 aromatic heterocycles. The molecule has 0 aliphatic heterocycles. The van der Waals surface area contributed by atoms with Crippen molar-refractivity contribution in [2.45, 2.75) is 30.6 Å². The molecule has 9 heteroatoms. The SMILES string of the molecule is CCOc1ccc(NS(=O)(=O)c2cc(C)ccc2C)cc1S(=O)(=O)N(C)C. The Balaban J connectivity index is 2.52. The maximum Gasteiger partial charge on any atom is 0.262 e. The lowest BCUT2D eigenvalue weighted by atomic mass is 10.2. The molecule has 0 aliphatic rings. The van der Waals surface area contributed by atoms with Crippen LogP contribution in [0, 0.1) is 13.8 Å². The monoisotopic (exact) mass is 412 g/mol. The second kappa shape index (κ2) is 7.87. The molecule has 7 nitrogen and oxygen atoms in total. The maximum absolute atomic E-state index is 12.8. The zero-order valence-corrected chi connectivity index (χ0v) is 17.6. The number of hydrogen-bond donors (Lipinski definition) is 1. The quantitative estimate of drug-likeness (QED) is 0.755. The van der Waals surface area contributed by atoms with E-state index in [1.807, 2.05) is 6.07 Å². The van der Waals surface area contributed by atoms with Crippen molar-refractivity contribution in [1.82, 2.24) is 4.31 Å². The summed E-state index contributed by atoms with van der Waals surface area (Å²) in [5.41, 5.74) is 1.54. The van der Waals surface area contributed by atoms with Crippen LogP contribution in [0.3, 0.4) is 0 Å². The number of nitrogens with one attached hydrogen (secondary N) is 1. The molecule has 0 bridgehead atoms. The first-order valence-corrected chi connectivity index (χ1v) is 11.2. The summed E-state index contributed by atoms with van der Waals surface area (Å²) in [5.74, 6) is 0.167. The van der Waals surface area contributed by atoms with Crippen LogP contribution >= 0.6 is 0 Å². The molecule has 0 fully saturated rings. The number of benzene rings is 2. The van der Waals surface area contributed by atoms with Gasteiger partial charge in [0.25, 0.3) is 10.0 Å². The van der Waals surface area contributed by atoms with E-state index < -0.39 is 20.0 Å². The summed E-state index contributed by atoms with van der Waals surface area (Å²) in [6, 6.07) is 9.31. The zero-order valence-electron chi connectivity index (χ0n) is 16.0. The number of anilines is 1. The third kappa shape index (κ3) is 4.60. The van der Waals surface area contributed by atoms with E-state index in [9.17, 15) is 16.8 Å². The van der Waals surface area contributed by atoms with Gasteiger partial charge in [-0.15, -0.1) is 0 Å². The highest BCUT2D eigenvalue weighted by molar-refractivity contribution is 7.92. The van der Waals surface area contributed by atoms with Gasteiger partial charge >= 0.3 is 0 Å². The van der Waals surface area contributed by atoms with Crippen molar-refractivity contribution >= 4 is 25.7 Å². The Bertz CT molecular complexity index is 1050. The van der Waals surface area contributed by atoms with Gasteiger partial charge in [0, 0.05) is 14.1 Å². The normalized spacial score (nSPS) is 12.2. The van der Waals surface area contributed by atoms with Crippen LogP contribution in [0.4, 0.5) is 5.69 Å². The average Bonchev–Trinajstić information content (AvgIpc) is 2.58. The Kier molecular flexibility index (Phi) is 6.18. The third-order valence-electron chi connectivity index (χ3n) is 3.89. The van der Waals surface area contributed by atoms with Gasteiger partial charge in [0.15, 0.2) is 0 Å². The number of nitrogens with zero attached hydrogens (tertiary/aromatic N) is 1. The molecule has 0 atom stereocenters. The van der Waals surface area contributed by atoms with Crippen molar-refractivity contribution < 1.29 is 21.6 Å². The Hall–Kier alpha value is -2.10. The van der Waals surface area contributed by atoms with Crippen molar-refractivity contribution in [1.29, 1.82) is 0 Å². The summed E-state index contributed by atoms with van der Waals surface area (Å²) in [4.78, 5) is 0.0453. The van der Waals surface area contributed by atoms with Gasteiger partial charge in [-0.2, -0.15) is 0 Å². The number of hydrogen-bond acceptors (Lipinski definition) is 5. The van der Waals surface area contributed by atoms with Gasteiger partial charge in [0.05, 0.1) is 17.2 Å². The minimum Gasteiger partial charge on any atom is -0.492 e. The molecule has 0 amide bonds. The van der Waals surface area contributed by atoms with Crippen LogP contribution in [0.5, 0.6) is 5.75 Å². The highest BCUT2D eigenvalue weighted by atomic mass is 32.2. The van der Waals surface area contributed by atoms with E-state index in [4.69, 9.17) is 4.74 Å². The Labute approximate surface area is 161 Å². The van der Waals surface area contributed by atoms with E-state index in [1.165, 1.54) is 32.3 Å². The van der Waals surface area contributed by atoms with E-state index in [-0.39, 0.29) is 27.8 Å². The summed E-state index contributed by atoms with van der Waals surface area (Å²) in [7, 11) is -4.89. The van der Waals surface area contributed by atoms with Gasteiger partial charge in [-0.1, -0.05) is 12.1 Å².